The molecule has 1 aliphatic rings. The molecule has 2 aromatic carbocycles. The summed E-state index contributed by atoms with van der Waals surface area (Å²) in [6.07, 6.45) is 1.57. The number of carbonyl (C=O) groups is 1. The number of ether oxygens (including phenoxy) is 1. The summed E-state index contributed by atoms with van der Waals surface area (Å²) in [6, 6.07) is 12.2. The summed E-state index contributed by atoms with van der Waals surface area (Å²) in [6.45, 7) is 3.93. The van der Waals surface area contributed by atoms with E-state index in [9.17, 15) is 9.18 Å². The second-order valence-corrected chi connectivity index (χ2v) is 6.38. The number of halogens is 1. The number of benzene rings is 2. The summed E-state index contributed by atoms with van der Waals surface area (Å²) >= 11 is 0. The van der Waals surface area contributed by atoms with E-state index in [1.165, 1.54) is 6.07 Å². The first-order valence-corrected chi connectivity index (χ1v) is 9.24. The molecule has 6 heteroatoms. The third kappa shape index (κ3) is 3.32. The molecule has 0 N–H and O–H groups in total. The first-order valence-electron chi connectivity index (χ1n) is 9.24. The molecule has 5 nitrogen and oxygen atoms in total. The van der Waals surface area contributed by atoms with Crippen LogP contribution in [0.3, 0.4) is 0 Å². The van der Waals surface area contributed by atoms with Crippen molar-refractivity contribution in [3.63, 3.8) is 0 Å². The summed E-state index contributed by atoms with van der Waals surface area (Å²) in [4.78, 5) is 21.2. The highest BCUT2D eigenvalue weighted by molar-refractivity contribution is 6.15. The Kier molecular flexibility index (Phi) is 4.96. The van der Waals surface area contributed by atoms with Crippen LogP contribution in [0.5, 0.6) is 0 Å². The van der Waals surface area contributed by atoms with E-state index in [0.717, 1.165) is 16.8 Å². The van der Waals surface area contributed by atoms with E-state index < -0.39 is 5.97 Å². The fraction of sp³-hybridized carbons (Fsp3) is 0.174. The van der Waals surface area contributed by atoms with Crippen LogP contribution in [0, 0.1) is 17.7 Å². The Morgan fingerprint density at radius 3 is 2.83 bits per heavy atom. The molecule has 1 aliphatic heterocycles. The molecule has 1 aromatic heterocycles. The van der Waals surface area contributed by atoms with Crippen LogP contribution in [-0.2, 0) is 11.3 Å². The summed E-state index contributed by atoms with van der Waals surface area (Å²) in [5, 5.41) is 0. The molecular weight excluding hydrogens is 369 g/mol. The summed E-state index contributed by atoms with van der Waals surface area (Å²) in [7, 11) is 0. The molecule has 0 fully saturated rings. The average molecular weight is 387 g/mol. The normalized spacial score (nSPS) is 12.0. The molecular formula is C23H18FN3O2. The van der Waals surface area contributed by atoms with Crippen molar-refractivity contribution in [1.29, 1.82) is 0 Å². The lowest BCUT2D eigenvalue weighted by Gasteiger charge is -2.13. The van der Waals surface area contributed by atoms with Crippen molar-refractivity contribution in [2.45, 2.75) is 20.4 Å². The van der Waals surface area contributed by atoms with Gasteiger partial charge in [0.2, 0.25) is 0 Å². The van der Waals surface area contributed by atoms with Gasteiger partial charge < -0.3 is 4.74 Å². The van der Waals surface area contributed by atoms with Gasteiger partial charge in [-0.3, -0.25) is 9.56 Å². The lowest BCUT2D eigenvalue weighted by atomic mass is 9.98. The highest BCUT2D eigenvalue weighted by Gasteiger charge is 2.26. The van der Waals surface area contributed by atoms with Crippen LogP contribution in [-0.4, -0.2) is 27.8 Å². The molecule has 144 valence electrons. The second-order valence-electron chi connectivity index (χ2n) is 6.38. The van der Waals surface area contributed by atoms with Gasteiger partial charge in [0.15, 0.2) is 5.69 Å². The lowest BCUT2D eigenvalue weighted by Crippen LogP contribution is -2.10. The predicted octanol–water partition coefficient (Wildman–Crippen LogP) is 3.91. The topological polar surface area (TPSA) is 56.5 Å². The number of hydrogen-bond donors (Lipinski definition) is 0. The van der Waals surface area contributed by atoms with E-state index in [-0.39, 0.29) is 24.7 Å². The molecule has 0 radical (unpaired) electrons. The molecule has 2 heterocycles. The predicted molar refractivity (Wildman–Crippen MR) is 108 cm³/mol. The van der Waals surface area contributed by atoms with Crippen molar-refractivity contribution < 1.29 is 13.9 Å². The number of hydrogen-bond acceptors (Lipinski definition) is 4. The fourth-order valence-corrected chi connectivity index (χ4v) is 3.38. The van der Waals surface area contributed by atoms with Gasteiger partial charge in [-0.1, -0.05) is 18.1 Å². The summed E-state index contributed by atoms with van der Waals surface area (Å²) in [5.74, 6) is 5.05. The van der Waals surface area contributed by atoms with E-state index in [4.69, 9.17) is 4.74 Å². The Morgan fingerprint density at radius 1 is 1.24 bits per heavy atom. The highest BCUT2D eigenvalue weighted by atomic mass is 19.1. The van der Waals surface area contributed by atoms with Gasteiger partial charge in [-0.2, -0.15) is 0 Å². The van der Waals surface area contributed by atoms with Gasteiger partial charge in [0, 0.05) is 16.7 Å². The van der Waals surface area contributed by atoms with Crippen molar-refractivity contribution in [3.8, 4) is 17.5 Å². The Balaban J connectivity index is 1.96. The monoisotopic (exact) mass is 387 g/mol. The molecule has 3 aromatic rings. The molecule has 0 saturated carbocycles. The second kappa shape index (κ2) is 7.72. The Hall–Kier alpha value is -3.72. The van der Waals surface area contributed by atoms with Gasteiger partial charge in [-0.05, 0) is 44.2 Å². The van der Waals surface area contributed by atoms with Gasteiger partial charge in [0.1, 0.15) is 12.1 Å². The zero-order chi connectivity index (χ0) is 20.4. The zero-order valence-corrected chi connectivity index (χ0v) is 16.1. The molecule has 4 rings (SSSR count). The molecule has 0 bridgehead atoms. The van der Waals surface area contributed by atoms with Crippen molar-refractivity contribution in [3.05, 3.63) is 82.7 Å². The summed E-state index contributed by atoms with van der Waals surface area (Å²) in [5.41, 5.74) is 4.00. The minimum absolute atomic E-state index is 0.168. The van der Waals surface area contributed by atoms with Crippen LogP contribution in [0.1, 0.15) is 46.7 Å². The molecule has 0 spiro atoms. The van der Waals surface area contributed by atoms with Crippen molar-refractivity contribution in [2.75, 3.05) is 6.61 Å². The van der Waals surface area contributed by atoms with Gasteiger partial charge in [-0.25, -0.2) is 14.2 Å². The number of rotatable bonds is 3. The van der Waals surface area contributed by atoms with Crippen LogP contribution in [0.25, 0.3) is 5.69 Å². The number of aliphatic imine (C=N–C) groups is 1. The number of imidazole rings is 1. The van der Waals surface area contributed by atoms with Crippen LogP contribution >= 0.6 is 0 Å². The van der Waals surface area contributed by atoms with Gasteiger partial charge in [0.05, 0.1) is 30.2 Å². The Bertz CT molecular complexity index is 1200. The zero-order valence-electron chi connectivity index (χ0n) is 16.1. The van der Waals surface area contributed by atoms with Gasteiger partial charge >= 0.3 is 5.97 Å². The first kappa shape index (κ1) is 18.6. The third-order valence-electron chi connectivity index (χ3n) is 4.63. The minimum Gasteiger partial charge on any atom is -0.461 e. The quantitative estimate of drug-likeness (QED) is 0.506. The highest BCUT2D eigenvalue weighted by Crippen LogP contribution is 2.28. The Morgan fingerprint density at radius 2 is 2.07 bits per heavy atom. The SMILES string of the molecule is CC#Cc1ccc2c(c1)C(c1ccccc1F)=NCc1c(C(=O)OCC)ncn1-2. The van der Waals surface area contributed by atoms with Crippen LogP contribution in [0.4, 0.5) is 4.39 Å². The van der Waals surface area contributed by atoms with Crippen LogP contribution in [0.2, 0.25) is 0 Å². The number of esters is 1. The first-order chi connectivity index (χ1) is 14.1. The number of nitrogens with zero attached hydrogens (tertiary/aromatic N) is 3. The third-order valence-corrected chi connectivity index (χ3v) is 4.63. The van der Waals surface area contributed by atoms with Gasteiger partial charge in [0.25, 0.3) is 0 Å². The maximum Gasteiger partial charge on any atom is 0.358 e. The average Bonchev–Trinajstić information content (AvgIpc) is 3.07. The van der Waals surface area contributed by atoms with Crippen LogP contribution < -0.4 is 0 Å². The smallest absolute Gasteiger partial charge is 0.358 e. The van der Waals surface area contributed by atoms with E-state index in [1.54, 1.807) is 38.4 Å². The fourth-order valence-electron chi connectivity index (χ4n) is 3.38. The maximum absolute atomic E-state index is 14.6. The van der Waals surface area contributed by atoms with Crippen LogP contribution in [0.15, 0.2) is 53.8 Å². The van der Waals surface area contributed by atoms with Gasteiger partial charge in [-0.15, -0.1) is 5.92 Å². The van der Waals surface area contributed by atoms with E-state index in [1.807, 2.05) is 22.8 Å². The molecule has 0 unspecified atom stereocenters. The molecule has 29 heavy (non-hydrogen) atoms. The molecule has 0 atom stereocenters. The van der Waals surface area contributed by atoms with E-state index in [2.05, 4.69) is 21.8 Å². The number of fused-ring (bicyclic) bond motifs is 3. The molecule has 0 amide bonds. The van der Waals surface area contributed by atoms with Crippen molar-refractivity contribution in [2.24, 2.45) is 4.99 Å². The van der Waals surface area contributed by atoms with Crippen molar-refractivity contribution >= 4 is 11.7 Å². The minimum atomic E-state index is -0.499. The molecule has 0 aliphatic carbocycles. The van der Waals surface area contributed by atoms with Crippen molar-refractivity contribution in [1.82, 2.24) is 9.55 Å². The van der Waals surface area contributed by atoms with E-state index >= 15 is 0 Å². The maximum atomic E-state index is 14.6. The summed E-state index contributed by atoms with van der Waals surface area (Å²) < 4.78 is 21.5. The largest absolute Gasteiger partial charge is 0.461 e. The number of carbonyl (C=O) groups excluding carboxylic acids is 1. The number of aromatic nitrogens is 2. The molecule has 0 saturated heterocycles. The lowest BCUT2D eigenvalue weighted by molar-refractivity contribution is 0.0518. The Labute approximate surface area is 167 Å². The van der Waals surface area contributed by atoms with E-state index in [0.29, 0.717) is 17.0 Å². The standard InChI is InChI=1S/C23H18FN3O2/c1-3-7-15-10-11-19-17(12-15)21(16-8-5-6-9-18(16)24)25-13-20-22(23(28)29-4-2)26-14-27(19)20/h5-6,8-12,14H,4,13H2,1-2H3.